The number of rotatable bonds is 6. The highest BCUT2D eigenvalue weighted by Gasteiger charge is 2.01. The van der Waals surface area contributed by atoms with E-state index in [0.29, 0.717) is 5.56 Å². The molecule has 0 amide bonds. The Morgan fingerprint density at radius 3 is 2.56 bits per heavy atom. The van der Waals surface area contributed by atoms with E-state index in [1.54, 1.807) is 12.1 Å². The molecule has 1 aromatic carbocycles. The minimum absolute atomic E-state index is 0.252. The van der Waals surface area contributed by atoms with Crippen LogP contribution in [0.25, 0.3) is 0 Å². The Labute approximate surface area is 100 Å². The predicted octanol–water partition coefficient (Wildman–Crippen LogP) is 2.36. The minimum Gasteiger partial charge on any atom is -0.478 e. The molecule has 1 atom stereocenters. The second-order valence-corrected chi connectivity index (χ2v) is 4.93. The van der Waals surface area contributed by atoms with Crippen LogP contribution in [0.15, 0.2) is 24.3 Å². The molecule has 0 spiro atoms. The molecule has 0 aromatic heterocycles. The van der Waals surface area contributed by atoms with Crippen molar-refractivity contribution in [1.82, 2.24) is 0 Å². The van der Waals surface area contributed by atoms with Crippen molar-refractivity contribution in [2.75, 3.05) is 5.75 Å². The summed E-state index contributed by atoms with van der Waals surface area (Å²) < 4.78 is 0. The van der Waals surface area contributed by atoms with Gasteiger partial charge < -0.3 is 10.8 Å². The summed E-state index contributed by atoms with van der Waals surface area (Å²) in [4.78, 5) is 10.6. The highest BCUT2D eigenvalue weighted by Crippen LogP contribution is 2.14. The first-order valence-electron chi connectivity index (χ1n) is 5.25. The molecule has 1 rings (SSSR count). The smallest absolute Gasteiger partial charge is 0.335 e. The zero-order valence-electron chi connectivity index (χ0n) is 9.35. The van der Waals surface area contributed by atoms with E-state index in [0.717, 1.165) is 23.5 Å². The lowest BCUT2D eigenvalue weighted by atomic mass is 10.1. The molecule has 88 valence electrons. The molecule has 1 unspecified atom stereocenters. The van der Waals surface area contributed by atoms with Gasteiger partial charge in [-0.15, -0.1) is 0 Å². The van der Waals surface area contributed by atoms with Crippen LogP contribution in [0.4, 0.5) is 0 Å². The van der Waals surface area contributed by atoms with Crippen LogP contribution in [0, 0.1) is 0 Å². The molecule has 0 radical (unpaired) electrons. The lowest BCUT2D eigenvalue weighted by Gasteiger charge is -2.05. The first-order chi connectivity index (χ1) is 7.59. The van der Waals surface area contributed by atoms with Gasteiger partial charge in [-0.25, -0.2) is 4.79 Å². The van der Waals surface area contributed by atoms with Gasteiger partial charge in [0.05, 0.1) is 5.56 Å². The van der Waals surface area contributed by atoms with Crippen LogP contribution in [-0.4, -0.2) is 22.9 Å². The second-order valence-electron chi connectivity index (χ2n) is 3.82. The Bertz CT molecular complexity index is 335. The van der Waals surface area contributed by atoms with Crippen LogP contribution >= 0.6 is 11.8 Å². The monoisotopic (exact) mass is 239 g/mol. The standard InChI is InChI=1S/C12H17NO2S/c1-9(13)6-7-16-8-10-2-4-11(5-3-10)12(14)15/h2-5,9H,6-8,13H2,1H3,(H,14,15). The lowest BCUT2D eigenvalue weighted by molar-refractivity contribution is 0.0697. The summed E-state index contributed by atoms with van der Waals surface area (Å²) in [6.07, 6.45) is 1.01. The molecule has 0 fully saturated rings. The molecule has 3 N–H and O–H groups in total. The number of nitrogens with two attached hydrogens (primary N) is 1. The Morgan fingerprint density at radius 2 is 2.06 bits per heavy atom. The Morgan fingerprint density at radius 1 is 1.44 bits per heavy atom. The molecule has 0 saturated carbocycles. The van der Waals surface area contributed by atoms with E-state index < -0.39 is 5.97 Å². The molecule has 16 heavy (non-hydrogen) atoms. The fourth-order valence-electron chi connectivity index (χ4n) is 1.20. The quantitative estimate of drug-likeness (QED) is 0.748. The zero-order valence-corrected chi connectivity index (χ0v) is 10.2. The fraction of sp³-hybridized carbons (Fsp3) is 0.417. The molecule has 0 aliphatic carbocycles. The summed E-state index contributed by atoms with van der Waals surface area (Å²) in [5, 5.41) is 8.73. The van der Waals surface area contributed by atoms with Crippen LogP contribution in [0.5, 0.6) is 0 Å². The van der Waals surface area contributed by atoms with Gasteiger partial charge in [-0.3, -0.25) is 0 Å². The average Bonchev–Trinajstić information content (AvgIpc) is 2.25. The molecule has 0 aliphatic heterocycles. The highest BCUT2D eigenvalue weighted by molar-refractivity contribution is 7.98. The van der Waals surface area contributed by atoms with E-state index in [1.807, 2.05) is 30.8 Å². The third-order valence-electron chi connectivity index (χ3n) is 2.19. The maximum absolute atomic E-state index is 10.6. The Hall–Kier alpha value is -1.00. The number of hydrogen-bond donors (Lipinski definition) is 2. The van der Waals surface area contributed by atoms with E-state index in [1.165, 1.54) is 0 Å². The third kappa shape index (κ3) is 4.68. The van der Waals surface area contributed by atoms with E-state index in [4.69, 9.17) is 10.8 Å². The van der Waals surface area contributed by atoms with Crippen molar-refractivity contribution in [3.8, 4) is 0 Å². The normalized spacial score (nSPS) is 12.4. The van der Waals surface area contributed by atoms with Gasteiger partial charge in [0.1, 0.15) is 0 Å². The van der Waals surface area contributed by atoms with Crippen LogP contribution in [0.3, 0.4) is 0 Å². The molecular formula is C12H17NO2S. The molecule has 4 heteroatoms. The van der Waals surface area contributed by atoms with Crippen LogP contribution in [0.2, 0.25) is 0 Å². The van der Waals surface area contributed by atoms with Gasteiger partial charge in [0.15, 0.2) is 0 Å². The topological polar surface area (TPSA) is 63.3 Å². The maximum Gasteiger partial charge on any atom is 0.335 e. The van der Waals surface area contributed by atoms with Crippen molar-refractivity contribution in [3.05, 3.63) is 35.4 Å². The number of carboxylic acid groups (broad SMARTS) is 1. The third-order valence-corrected chi connectivity index (χ3v) is 3.25. The van der Waals surface area contributed by atoms with E-state index in [2.05, 4.69) is 0 Å². The minimum atomic E-state index is -0.879. The largest absolute Gasteiger partial charge is 0.478 e. The molecular weight excluding hydrogens is 222 g/mol. The van der Waals surface area contributed by atoms with E-state index in [9.17, 15) is 4.79 Å². The Balaban J connectivity index is 2.35. The molecule has 0 saturated heterocycles. The predicted molar refractivity (Wildman–Crippen MR) is 67.8 cm³/mol. The summed E-state index contributed by atoms with van der Waals surface area (Å²) in [7, 11) is 0. The lowest BCUT2D eigenvalue weighted by Crippen LogP contribution is -2.15. The van der Waals surface area contributed by atoms with Crippen LogP contribution in [0.1, 0.15) is 29.3 Å². The van der Waals surface area contributed by atoms with E-state index in [-0.39, 0.29) is 6.04 Å². The van der Waals surface area contributed by atoms with Crippen molar-refractivity contribution < 1.29 is 9.90 Å². The molecule has 1 aromatic rings. The van der Waals surface area contributed by atoms with Gasteiger partial charge >= 0.3 is 5.97 Å². The summed E-state index contributed by atoms with van der Waals surface area (Å²) >= 11 is 1.82. The van der Waals surface area contributed by atoms with Gasteiger partial charge in [-0.1, -0.05) is 12.1 Å². The van der Waals surface area contributed by atoms with Gasteiger partial charge in [-0.05, 0) is 36.8 Å². The summed E-state index contributed by atoms with van der Waals surface area (Å²) in [6.45, 7) is 2.00. The van der Waals surface area contributed by atoms with Gasteiger partial charge in [0, 0.05) is 11.8 Å². The average molecular weight is 239 g/mol. The van der Waals surface area contributed by atoms with Gasteiger partial charge in [-0.2, -0.15) is 11.8 Å². The second kappa shape index (κ2) is 6.55. The molecule has 0 aliphatic rings. The number of benzene rings is 1. The summed E-state index contributed by atoms with van der Waals surface area (Å²) in [6, 6.07) is 7.26. The van der Waals surface area contributed by atoms with Crippen molar-refractivity contribution in [2.45, 2.75) is 25.1 Å². The van der Waals surface area contributed by atoms with Gasteiger partial charge in [0.25, 0.3) is 0 Å². The summed E-state index contributed by atoms with van der Waals surface area (Å²) in [5.74, 6) is 1.07. The molecule has 0 heterocycles. The first-order valence-corrected chi connectivity index (χ1v) is 6.40. The molecule has 0 bridgehead atoms. The van der Waals surface area contributed by atoms with Gasteiger partial charge in [0.2, 0.25) is 0 Å². The maximum atomic E-state index is 10.6. The SMILES string of the molecule is CC(N)CCSCc1ccc(C(=O)O)cc1. The van der Waals surface area contributed by atoms with Crippen LogP contribution < -0.4 is 5.73 Å². The van der Waals surface area contributed by atoms with Crippen molar-refractivity contribution in [2.24, 2.45) is 5.73 Å². The summed E-state index contributed by atoms with van der Waals surface area (Å²) in [5.41, 5.74) is 7.14. The first kappa shape index (κ1) is 13.1. The number of carbonyl (C=O) groups is 1. The number of thioether (sulfide) groups is 1. The van der Waals surface area contributed by atoms with Crippen LogP contribution in [-0.2, 0) is 5.75 Å². The highest BCUT2D eigenvalue weighted by atomic mass is 32.2. The molecule has 3 nitrogen and oxygen atoms in total. The number of hydrogen-bond acceptors (Lipinski definition) is 3. The van der Waals surface area contributed by atoms with E-state index >= 15 is 0 Å². The van der Waals surface area contributed by atoms with Crippen molar-refractivity contribution >= 4 is 17.7 Å². The van der Waals surface area contributed by atoms with Crippen molar-refractivity contribution in [1.29, 1.82) is 0 Å². The number of aromatic carboxylic acids is 1. The number of carboxylic acids is 1. The zero-order chi connectivity index (χ0) is 12.0. The Kier molecular flexibility index (Phi) is 5.35. The van der Waals surface area contributed by atoms with Crippen molar-refractivity contribution in [3.63, 3.8) is 0 Å². The fourth-order valence-corrected chi connectivity index (χ4v) is 2.31.